The van der Waals surface area contributed by atoms with Crippen molar-refractivity contribution in [3.05, 3.63) is 0 Å². The van der Waals surface area contributed by atoms with Gasteiger partial charge in [0.2, 0.25) is 0 Å². The van der Waals surface area contributed by atoms with Crippen LogP contribution >= 0.6 is 0 Å². The molecule has 0 rings (SSSR count). The molecule has 0 aromatic rings. The van der Waals surface area contributed by atoms with E-state index < -0.39 is 0 Å². The lowest BCUT2D eigenvalue weighted by Gasteiger charge is -2.24. The Morgan fingerprint density at radius 1 is 1.50 bits per heavy atom. The van der Waals surface area contributed by atoms with Crippen LogP contribution in [0.15, 0.2) is 0 Å². The molecule has 0 aliphatic carbocycles. The maximum atomic E-state index is 4.94. The normalized spacial score (nSPS) is 11.4. The van der Waals surface area contributed by atoms with Crippen molar-refractivity contribution in [1.29, 1.82) is 0 Å². The Labute approximate surface area is 63.3 Å². The van der Waals surface area contributed by atoms with Crippen LogP contribution in [0.5, 0.6) is 0 Å². The van der Waals surface area contributed by atoms with Crippen LogP contribution in [-0.2, 0) is 4.74 Å². The first-order valence-electron chi connectivity index (χ1n) is 3.65. The third-order valence-corrected chi connectivity index (χ3v) is 1.45. The summed E-state index contributed by atoms with van der Waals surface area (Å²) in [7, 11) is 3.64. The second-order valence-corrected chi connectivity index (χ2v) is 2.50. The second kappa shape index (κ2) is 5.65. The smallest absolute Gasteiger partial charge is 0.0603 e. The molecule has 0 atom stereocenters. The second-order valence-electron chi connectivity index (χ2n) is 2.50. The molecule has 10 heavy (non-hydrogen) atoms. The SMILES string of the molecule is CNN(CCOC)C(C)C. The first-order chi connectivity index (χ1) is 4.72. The quantitative estimate of drug-likeness (QED) is 0.571. The molecular weight excluding hydrogens is 128 g/mol. The van der Waals surface area contributed by atoms with Gasteiger partial charge in [0.1, 0.15) is 0 Å². The fourth-order valence-electron chi connectivity index (χ4n) is 0.818. The molecule has 0 amide bonds. The van der Waals surface area contributed by atoms with Crippen molar-refractivity contribution in [1.82, 2.24) is 10.4 Å². The summed E-state index contributed by atoms with van der Waals surface area (Å²) >= 11 is 0. The lowest BCUT2D eigenvalue weighted by molar-refractivity contribution is 0.0986. The van der Waals surface area contributed by atoms with Crippen molar-refractivity contribution in [3.63, 3.8) is 0 Å². The summed E-state index contributed by atoms with van der Waals surface area (Å²) in [6.07, 6.45) is 0. The fourth-order valence-corrected chi connectivity index (χ4v) is 0.818. The van der Waals surface area contributed by atoms with E-state index in [1.165, 1.54) is 0 Å². The van der Waals surface area contributed by atoms with Crippen molar-refractivity contribution in [2.75, 3.05) is 27.3 Å². The number of nitrogens with one attached hydrogen (secondary N) is 1. The highest BCUT2D eigenvalue weighted by Crippen LogP contribution is 1.90. The molecule has 0 unspecified atom stereocenters. The average Bonchev–Trinajstić information content (AvgIpc) is 1.89. The summed E-state index contributed by atoms with van der Waals surface area (Å²) in [5, 5.41) is 2.13. The zero-order valence-electron chi connectivity index (χ0n) is 7.35. The van der Waals surface area contributed by atoms with E-state index in [0.717, 1.165) is 13.2 Å². The lowest BCUT2D eigenvalue weighted by atomic mass is 10.4. The van der Waals surface area contributed by atoms with Crippen molar-refractivity contribution in [3.8, 4) is 0 Å². The van der Waals surface area contributed by atoms with Gasteiger partial charge in [0.05, 0.1) is 6.61 Å². The molecule has 62 valence electrons. The van der Waals surface area contributed by atoms with Crippen LogP contribution in [0.1, 0.15) is 13.8 Å². The van der Waals surface area contributed by atoms with E-state index in [0.29, 0.717) is 6.04 Å². The van der Waals surface area contributed by atoms with Gasteiger partial charge in [-0.15, -0.1) is 0 Å². The number of hydrogen-bond acceptors (Lipinski definition) is 3. The van der Waals surface area contributed by atoms with Gasteiger partial charge in [0, 0.05) is 19.7 Å². The molecule has 0 aliphatic heterocycles. The average molecular weight is 146 g/mol. The van der Waals surface area contributed by atoms with Gasteiger partial charge in [-0.1, -0.05) is 0 Å². The maximum Gasteiger partial charge on any atom is 0.0603 e. The molecule has 0 saturated heterocycles. The third kappa shape index (κ3) is 3.82. The van der Waals surface area contributed by atoms with Gasteiger partial charge in [-0.3, -0.25) is 5.43 Å². The van der Waals surface area contributed by atoms with Crippen LogP contribution in [0.25, 0.3) is 0 Å². The minimum atomic E-state index is 0.528. The molecular formula is C7H18N2O. The maximum absolute atomic E-state index is 4.94. The molecule has 3 nitrogen and oxygen atoms in total. The third-order valence-electron chi connectivity index (χ3n) is 1.45. The van der Waals surface area contributed by atoms with Crippen LogP contribution in [0, 0.1) is 0 Å². The monoisotopic (exact) mass is 146 g/mol. The molecule has 1 N–H and O–H groups in total. The molecule has 0 bridgehead atoms. The van der Waals surface area contributed by atoms with E-state index in [4.69, 9.17) is 4.74 Å². The largest absolute Gasteiger partial charge is 0.383 e. The predicted octanol–water partition coefficient (Wildman–Crippen LogP) is 0.478. The highest BCUT2D eigenvalue weighted by atomic mass is 16.5. The summed E-state index contributed by atoms with van der Waals surface area (Å²) in [4.78, 5) is 0. The molecule has 0 aromatic heterocycles. The Balaban J connectivity index is 3.40. The number of ether oxygens (including phenoxy) is 1. The van der Waals surface area contributed by atoms with Crippen LogP contribution in [0.4, 0.5) is 0 Å². The zero-order valence-corrected chi connectivity index (χ0v) is 7.35. The van der Waals surface area contributed by atoms with Crippen molar-refractivity contribution in [2.45, 2.75) is 19.9 Å². The number of methoxy groups -OCH3 is 1. The first kappa shape index (κ1) is 9.88. The van der Waals surface area contributed by atoms with Gasteiger partial charge < -0.3 is 4.74 Å². The molecule has 0 saturated carbocycles. The molecule has 0 spiro atoms. The minimum absolute atomic E-state index is 0.528. The molecule has 3 heteroatoms. The Morgan fingerprint density at radius 2 is 2.10 bits per heavy atom. The van der Waals surface area contributed by atoms with E-state index in [1.54, 1.807) is 7.11 Å². The highest BCUT2D eigenvalue weighted by Gasteiger charge is 2.04. The minimum Gasteiger partial charge on any atom is -0.383 e. The van der Waals surface area contributed by atoms with Crippen LogP contribution in [0.2, 0.25) is 0 Å². The van der Waals surface area contributed by atoms with Gasteiger partial charge >= 0.3 is 0 Å². The predicted molar refractivity (Wildman–Crippen MR) is 42.8 cm³/mol. The first-order valence-corrected chi connectivity index (χ1v) is 3.65. The molecule has 0 radical (unpaired) electrons. The number of nitrogens with zero attached hydrogens (tertiary/aromatic N) is 1. The summed E-state index contributed by atoms with van der Waals surface area (Å²) in [6, 6.07) is 0.528. The van der Waals surface area contributed by atoms with Crippen molar-refractivity contribution < 1.29 is 4.74 Å². The summed E-state index contributed by atoms with van der Waals surface area (Å²) in [5.41, 5.74) is 3.09. The van der Waals surface area contributed by atoms with Gasteiger partial charge in [-0.2, -0.15) is 0 Å². The molecule has 0 heterocycles. The molecule has 0 aliphatic rings. The van der Waals surface area contributed by atoms with E-state index in [9.17, 15) is 0 Å². The Kier molecular flexibility index (Phi) is 5.58. The van der Waals surface area contributed by atoms with E-state index in [1.807, 2.05) is 7.05 Å². The van der Waals surface area contributed by atoms with Crippen LogP contribution in [0.3, 0.4) is 0 Å². The Bertz CT molecular complexity index is 76.0. The summed E-state index contributed by atoms with van der Waals surface area (Å²) < 4.78 is 4.94. The van der Waals surface area contributed by atoms with Gasteiger partial charge in [-0.25, -0.2) is 5.01 Å². The summed E-state index contributed by atoms with van der Waals surface area (Å²) in [5.74, 6) is 0. The van der Waals surface area contributed by atoms with E-state index in [2.05, 4.69) is 24.3 Å². The molecule has 0 fully saturated rings. The van der Waals surface area contributed by atoms with Gasteiger partial charge in [-0.05, 0) is 20.9 Å². The number of hydrogen-bond donors (Lipinski definition) is 1. The Morgan fingerprint density at radius 3 is 2.40 bits per heavy atom. The number of rotatable bonds is 5. The summed E-state index contributed by atoms with van der Waals surface area (Å²) in [6.45, 7) is 6.00. The van der Waals surface area contributed by atoms with Gasteiger partial charge in [0.15, 0.2) is 0 Å². The zero-order chi connectivity index (χ0) is 7.98. The molecule has 0 aromatic carbocycles. The highest BCUT2D eigenvalue weighted by molar-refractivity contribution is 4.54. The topological polar surface area (TPSA) is 24.5 Å². The Hall–Kier alpha value is -0.120. The van der Waals surface area contributed by atoms with Crippen LogP contribution in [-0.4, -0.2) is 38.4 Å². The number of hydrazine groups is 1. The van der Waals surface area contributed by atoms with Gasteiger partial charge in [0.25, 0.3) is 0 Å². The standard InChI is InChI=1S/C7H18N2O/c1-7(2)9(8-3)5-6-10-4/h7-8H,5-6H2,1-4H3. The van der Waals surface area contributed by atoms with E-state index >= 15 is 0 Å². The lowest BCUT2D eigenvalue weighted by Crippen LogP contribution is -2.42. The fraction of sp³-hybridized carbons (Fsp3) is 1.00. The van der Waals surface area contributed by atoms with Crippen molar-refractivity contribution >= 4 is 0 Å². The van der Waals surface area contributed by atoms with Crippen LogP contribution < -0.4 is 5.43 Å². The van der Waals surface area contributed by atoms with Crippen molar-refractivity contribution in [2.24, 2.45) is 0 Å². The van der Waals surface area contributed by atoms with E-state index in [-0.39, 0.29) is 0 Å².